The van der Waals surface area contributed by atoms with E-state index in [4.69, 9.17) is 9.78 Å². The summed E-state index contributed by atoms with van der Waals surface area (Å²) < 4.78 is 5.25. The average Bonchev–Trinajstić information content (AvgIpc) is 3.08. The molecule has 0 aliphatic heterocycles. The predicted molar refractivity (Wildman–Crippen MR) is 68.6 cm³/mol. The van der Waals surface area contributed by atoms with Gasteiger partial charge in [0.15, 0.2) is 5.82 Å². The van der Waals surface area contributed by atoms with Gasteiger partial charge in [0.2, 0.25) is 0 Å². The van der Waals surface area contributed by atoms with Crippen molar-refractivity contribution in [2.45, 2.75) is 12.3 Å². The highest BCUT2D eigenvalue weighted by molar-refractivity contribution is 5.59. The highest BCUT2D eigenvalue weighted by atomic mass is 16.5. The highest BCUT2D eigenvalue weighted by Crippen LogP contribution is 2.39. The minimum Gasteiger partial charge on any atom is -0.334 e. The zero-order chi connectivity index (χ0) is 13.5. The van der Waals surface area contributed by atoms with Crippen molar-refractivity contribution in [1.82, 2.24) is 20.3 Å². The number of hydrogen-bond acceptors (Lipinski definition) is 5. The van der Waals surface area contributed by atoms with Crippen LogP contribution in [0.2, 0.25) is 0 Å². The Morgan fingerprint density at radius 2 is 2.25 bits per heavy atom. The standard InChI is InChI=1S/C14H9N5O/c15-6-12-11(7-16-18-12)14-17-13(19-20-14)10-5-8-3-1-2-4-9(8)10/h1-4,7,10H,5H2,(H,16,18). The third-order valence-corrected chi connectivity index (χ3v) is 3.59. The van der Waals surface area contributed by atoms with Crippen LogP contribution in [0, 0.1) is 11.3 Å². The van der Waals surface area contributed by atoms with Gasteiger partial charge in [0.05, 0.1) is 17.7 Å². The van der Waals surface area contributed by atoms with E-state index in [2.05, 4.69) is 32.5 Å². The van der Waals surface area contributed by atoms with Gasteiger partial charge in [-0.05, 0) is 17.5 Å². The van der Waals surface area contributed by atoms with Crippen LogP contribution in [0.15, 0.2) is 35.0 Å². The Kier molecular flexibility index (Phi) is 2.20. The molecule has 1 aliphatic carbocycles. The molecule has 1 N–H and O–H groups in total. The Hall–Kier alpha value is -2.94. The summed E-state index contributed by atoms with van der Waals surface area (Å²) in [5.41, 5.74) is 3.44. The maximum atomic E-state index is 8.96. The Labute approximate surface area is 114 Å². The normalized spacial score (nSPS) is 16.2. The predicted octanol–water partition coefficient (Wildman–Crippen LogP) is 2.02. The zero-order valence-corrected chi connectivity index (χ0v) is 10.4. The molecule has 1 aromatic carbocycles. The largest absolute Gasteiger partial charge is 0.334 e. The molecule has 0 saturated carbocycles. The second-order valence-corrected chi connectivity index (χ2v) is 4.68. The number of benzene rings is 1. The summed E-state index contributed by atoms with van der Waals surface area (Å²) in [7, 11) is 0. The van der Waals surface area contributed by atoms with E-state index < -0.39 is 0 Å². The number of nitriles is 1. The lowest BCUT2D eigenvalue weighted by molar-refractivity contribution is 0.416. The molecule has 0 spiro atoms. The van der Waals surface area contributed by atoms with Crippen LogP contribution in [0.1, 0.15) is 28.6 Å². The average molecular weight is 263 g/mol. The zero-order valence-electron chi connectivity index (χ0n) is 10.4. The maximum Gasteiger partial charge on any atom is 0.262 e. The lowest BCUT2D eigenvalue weighted by Gasteiger charge is -2.27. The van der Waals surface area contributed by atoms with Crippen molar-refractivity contribution in [3.8, 4) is 17.5 Å². The van der Waals surface area contributed by atoms with Crippen LogP contribution < -0.4 is 0 Å². The molecular formula is C14H9N5O. The van der Waals surface area contributed by atoms with E-state index in [1.807, 2.05) is 18.2 Å². The number of aromatic nitrogens is 4. The first-order valence-corrected chi connectivity index (χ1v) is 6.22. The van der Waals surface area contributed by atoms with Crippen molar-refractivity contribution in [1.29, 1.82) is 5.26 Å². The van der Waals surface area contributed by atoms with Crippen LogP contribution in [0.4, 0.5) is 0 Å². The van der Waals surface area contributed by atoms with E-state index in [1.54, 1.807) is 0 Å². The van der Waals surface area contributed by atoms with Crippen LogP contribution in [-0.2, 0) is 6.42 Å². The lowest BCUT2D eigenvalue weighted by Crippen LogP contribution is -2.19. The molecule has 2 heterocycles. The van der Waals surface area contributed by atoms with Crippen LogP contribution in [0.25, 0.3) is 11.5 Å². The number of rotatable bonds is 2. The van der Waals surface area contributed by atoms with Gasteiger partial charge >= 0.3 is 0 Å². The first kappa shape index (κ1) is 10.9. The van der Waals surface area contributed by atoms with Crippen molar-refractivity contribution >= 4 is 0 Å². The van der Waals surface area contributed by atoms with Crippen LogP contribution in [0.3, 0.4) is 0 Å². The number of fused-ring (bicyclic) bond motifs is 1. The van der Waals surface area contributed by atoms with Gasteiger partial charge in [0.1, 0.15) is 11.8 Å². The van der Waals surface area contributed by atoms with E-state index in [9.17, 15) is 0 Å². The molecule has 6 nitrogen and oxygen atoms in total. The van der Waals surface area contributed by atoms with Gasteiger partial charge < -0.3 is 4.52 Å². The van der Waals surface area contributed by atoms with E-state index in [0.29, 0.717) is 23.0 Å². The minimum absolute atomic E-state index is 0.182. The second-order valence-electron chi connectivity index (χ2n) is 4.68. The summed E-state index contributed by atoms with van der Waals surface area (Å²) in [5.74, 6) is 1.17. The third kappa shape index (κ3) is 1.47. The summed E-state index contributed by atoms with van der Waals surface area (Å²) in [6.07, 6.45) is 2.44. The fraction of sp³-hybridized carbons (Fsp3) is 0.143. The molecule has 0 saturated heterocycles. The van der Waals surface area contributed by atoms with E-state index in [0.717, 1.165) is 6.42 Å². The monoisotopic (exact) mass is 263 g/mol. The molecule has 3 aromatic rings. The minimum atomic E-state index is 0.182. The number of nitrogens with one attached hydrogen (secondary N) is 1. The molecule has 1 unspecified atom stereocenters. The summed E-state index contributed by atoms with van der Waals surface area (Å²) in [6, 6.07) is 10.2. The van der Waals surface area contributed by atoms with Gasteiger partial charge in [0.25, 0.3) is 5.89 Å². The molecule has 20 heavy (non-hydrogen) atoms. The van der Waals surface area contributed by atoms with Gasteiger partial charge in [0, 0.05) is 0 Å². The van der Waals surface area contributed by atoms with Crippen LogP contribution >= 0.6 is 0 Å². The lowest BCUT2D eigenvalue weighted by atomic mass is 9.77. The Morgan fingerprint density at radius 1 is 1.35 bits per heavy atom. The third-order valence-electron chi connectivity index (χ3n) is 3.59. The number of hydrogen-bond donors (Lipinski definition) is 1. The summed E-state index contributed by atoms with van der Waals surface area (Å²) in [5, 5.41) is 19.4. The topological polar surface area (TPSA) is 91.4 Å². The molecule has 0 bridgehead atoms. The van der Waals surface area contributed by atoms with Crippen LogP contribution in [0.5, 0.6) is 0 Å². The van der Waals surface area contributed by atoms with E-state index >= 15 is 0 Å². The molecule has 2 aromatic heterocycles. The number of nitrogens with zero attached hydrogens (tertiary/aromatic N) is 4. The van der Waals surface area contributed by atoms with E-state index in [-0.39, 0.29) is 5.92 Å². The van der Waals surface area contributed by atoms with Gasteiger partial charge in [-0.15, -0.1) is 0 Å². The Morgan fingerprint density at radius 3 is 3.10 bits per heavy atom. The fourth-order valence-corrected chi connectivity index (χ4v) is 2.51. The van der Waals surface area contributed by atoms with Gasteiger partial charge in [-0.25, -0.2) is 0 Å². The SMILES string of the molecule is N#Cc1[nH]ncc1-c1nc(C2Cc3ccccc32)no1. The van der Waals surface area contributed by atoms with Crippen LogP contribution in [-0.4, -0.2) is 20.3 Å². The smallest absolute Gasteiger partial charge is 0.262 e. The van der Waals surface area contributed by atoms with Crippen molar-refractivity contribution in [3.05, 3.63) is 53.1 Å². The van der Waals surface area contributed by atoms with Gasteiger partial charge in [-0.3, -0.25) is 5.10 Å². The van der Waals surface area contributed by atoms with Gasteiger partial charge in [-0.2, -0.15) is 15.3 Å². The summed E-state index contributed by atoms with van der Waals surface area (Å²) in [6.45, 7) is 0. The number of aromatic amines is 1. The second kappa shape index (κ2) is 4.03. The molecule has 4 rings (SSSR count). The van der Waals surface area contributed by atoms with Crippen molar-refractivity contribution < 1.29 is 4.52 Å². The molecule has 1 atom stereocenters. The van der Waals surface area contributed by atoms with E-state index in [1.165, 1.54) is 17.3 Å². The quantitative estimate of drug-likeness (QED) is 0.763. The van der Waals surface area contributed by atoms with Crippen molar-refractivity contribution in [2.24, 2.45) is 0 Å². The molecule has 6 heteroatoms. The molecule has 0 amide bonds. The fourth-order valence-electron chi connectivity index (χ4n) is 2.51. The van der Waals surface area contributed by atoms with Crippen molar-refractivity contribution in [3.63, 3.8) is 0 Å². The number of H-pyrrole nitrogens is 1. The first-order chi connectivity index (χ1) is 9.86. The molecular weight excluding hydrogens is 254 g/mol. The Balaban J connectivity index is 1.70. The molecule has 1 aliphatic rings. The summed E-state index contributed by atoms with van der Waals surface area (Å²) >= 11 is 0. The van der Waals surface area contributed by atoms with Crippen molar-refractivity contribution in [2.75, 3.05) is 0 Å². The Bertz CT molecular complexity index is 826. The maximum absolute atomic E-state index is 8.96. The first-order valence-electron chi connectivity index (χ1n) is 6.22. The summed E-state index contributed by atoms with van der Waals surface area (Å²) in [4.78, 5) is 4.39. The molecule has 96 valence electrons. The van der Waals surface area contributed by atoms with Gasteiger partial charge in [-0.1, -0.05) is 29.4 Å². The molecule has 0 fully saturated rings. The highest BCUT2D eigenvalue weighted by Gasteiger charge is 2.31. The molecule has 0 radical (unpaired) electrons.